The van der Waals surface area contributed by atoms with Gasteiger partial charge < -0.3 is 4.74 Å². The van der Waals surface area contributed by atoms with Crippen LogP contribution in [0.3, 0.4) is 0 Å². The van der Waals surface area contributed by atoms with E-state index in [4.69, 9.17) is 4.74 Å². The van der Waals surface area contributed by atoms with Gasteiger partial charge in [0.05, 0.1) is 12.3 Å². The minimum absolute atomic E-state index is 0.0482. The Hall–Kier alpha value is -2.17. The Balaban J connectivity index is 2.25. The van der Waals surface area contributed by atoms with Crippen molar-refractivity contribution in [2.24, 2.45) is 7.05 Å². The molecule has 2 rings (SSSR count). The summed E-state index contributed by atoms with van der Waals surface area (Å²) in [5.74, 6) is 0.434. The van der Waals surface area contributed by atoms with E-state index in [9.17, 15) is 4.79 Å². The van der Waals surface area contributed by atoms with E-state index in [-0.39, 0.29) is 11.9 Å². The first-order valence-corrected chi connectivity index (χ1v) is 5.72. The molecule has 5 nitrogen and oxygen atoms in total. The third-order valence-electron chi connectivity index (χ3n) is 2.29. The van der Waals surface area contributed by atoms with Crippen LogP contribution in [0, 0.1) is 0 Å². The molecule has 0 bridgehead atoms. The Morgan fingerprint density at radius 2 is 2.17 bits per heavy atom. The summed E-state index contributed by atoms with van der Waals surface area (Å²) in [6.07, 6.45) is 4.89. The molecule has 0 aliphatic rings. The third-order valence-corrected chi connectivity index (χ3v) is 2.29. The number of hydrogen-bond donors (Lipinski definition) is 0. The summed E-state index contributed by atoms with van der Waals surface area (Å²) in [7, 11) is 1.77. The quantitative estimate of drug-likeness (QED) is 0.771. The number of carbonyl (C=O) groups excluding carboxylic acids is 1. The fourth-order valence-electron chi connectivity index (χ4n) is 1.56. The lowest BCUT2D eigenvalue weighted by atomic mass is 10.1. The van der Waals surface area contributed by atoms with Gasteiger partial charge in [-0.2, -0.15) is 5.10 Å². The number of aryl methyl sites for hydroxylation is 1. The summed E-state index contributed by atoms with van der Waals surface area (Å²) >= 11 is 0. The zero-order valence-electron chi connectivity index (χ0n) is 10.6. The fourth-order valence-corrected chi connectivity index (χ4v) is 1.56. The predicted octanol–water partition coefficient (Wildman–Crippen LogP) is 1.83. The zero-order valence-corrected chi connectivity index (χ0v) is 10.6. The van der Waals surface area contributed by atoms with Gasteiger partial charge in [-0.25, -0.2) is 0 Å². The van der Waals surface area contributed by atoms with E-state index in [2.05, 4.69) is 10.1 Å². The summed E-state index contributed by atoms with van der Waals surface area (Å²) in [5.41, 5.74) is 0.882. The van der Waals surface area contributed by atoms with Crippen molar-refractivity contribution in [3.8, 4) is 5.75 Å². The lowest BCUT2D eigenvalue weighted by molar-refractivity contribution is 0.103. The van der Waals surface area contributed by atoms with E-state index in [0.717, 1.165) is 0 Å². The van der Waals surface area contributed by atoms with Crippen molar-refractivity contribution in [3.63, 3.8) is 0 Å². The van der Waals surface area contributed by atoms with Gasteiger partial charge in [0.2, 0.25) is 5.78 Å². The van der Waals surface area contributed by atoms with Crippen molar-refractivity contribution >= 4 is 5.78 Å². The van der Waals surface area contributed by atoms with Crippen LogP contribution < -0.4 is 4.74 Å². The van der Waals surface area contributed by atoms with Crippen molar-refractivity contribution in [3.05, 3.63) is 42.0 Å². The predicted molar refractivity (Wildman–Crippen MR) is 66.6 cm³/mol. The summed E-state index contributed by atoms with van der Waals surface area (Å²) in [4.78, 5) is 16.1. The molecule has 0 radical (unpaired) electrons. The van der Waals surface area contributed by atoms with Crippen molar-refractivity contribution in [2.75, 3.05) is 0 Å². The highest BCUT2D eigenvalue weighted by Crippen LogP contribution is 2.15. The number of carbonyl (C=O) groups is 1. The second-order valence-corrected chi connectivity index (χ2v) is 4.28. The fraction of sp³-hybridized carbons (Fsp3) is 0.308. The van der Waals surface area contributed by atoms with Gasteiger partial charge in [0, 0.05) is 25.0 Å². The first kappa shape index (κ1) is 12.3. The smallest absolute Gasteiger partial charge is 0.214 e. The number of nitrogens with zero attached hydrogens (tertiary/aromatic N) is 3. The van der Waals surface area contributed by atoms with E-state index in [1.807, 2.05) is 13.8 Å². The van der Waals surface area contributed by atoms with Crippen LogP contribution in [0.25, 0.3) is 0 Å². The average molecular weight is 245 g/mol. The van der Waals surface area contributed by atoms with Crippen LogP contribution in [0.1, 0.15) is 29.9 Å². The van der Waals surface area contributed by atoms with Crippen LogP contribution in [0.2, 0.25) is 0 Å². The molecule has 2 aromatic rings. The van der Waals surface area contributed by atoms with Crippen LogP contribution in [0.4, 0.5) is 0 Å². The highest BCUT2D eigenvalue weighted by atomic mass is 16.5. The number of pyridine rings is 1. The second-order valence-electron chi connectivity index (χ2n) is 4.28. The van der Waals surface area contributed by atoms with Crippen molar-refractivity contribution in [1.82, 2.24) is 14.8 Å². The summed E-state index contributed by atoms with van der Waals surface area (Å²) in [6, 6.07) is 3.36. The van der Waals surface area contributed by atoms with E-state index in [1.165, 1.54) is 6.20 Å². The van der Waals surface area contributed by atoms with Gasteiger partial charge >= 0.3 is 0 Å². The molecule has 5 heteroatoms. The average Bonchev–Trinajstić information content (AvgIpc) is 2.74. The molecule has 2 heterocycles. The van der Waals surface area contributed by atoms with Gasteiger partial charge in [-0.3, -0.25) is 14.5 Å². The van der Waals surface area contributed by atoms with Crippen molar-refractivity contribution in [1.29, 1.82) is 0 Å². The third kappa shape index (κ3) is 2.74. The number of hydrogen-bond acceptors (Lipinski definition) is 4. The van der Waals surface area contributed by atoms with Crippen molar-refractivity contribution in [2.45, 2.75) is 20.0 Å². The Bertz CT molecular complexity index is 561. The Morgan fingerprint density at radius 3 is 2.78 bits per heavy atom. The molecule has 0 amide bonds. The number of ether oxygens (including phenoxy) is 1. The van der Waals surface area contributed by atoms with Gasteiger partial charge in [0.1, 0.15) is 11.4 Å². The Kier molecular flexibility index (Phi) is 3.41. The minimum Gasteiger partial charge on any atom is -0.489 e. The molecule has 18 heavy (non-hydrogen) atoms. The lowest BCUT2D eigenvalue weighted by Gasteiger charge is -2.09. The molecule has 0 aliphatic heterocycles. The normalized spacial score (nSPS) is 10.7. The molecule has 0 N–H and O–H groups in total. The summed E-state index contributed by atoms with van der Waals surface area (Å²) in [5, 5.41) is 4.08. The minimum atomic E-state index is -0.155. The number of rotatable bonds is 4. The molecule has 0 saturated heterocycles. The van der Waals surface area contributed by atoms with E-state index in [0.29, 0.717) is 17.0 Å². The largest absolute Gasteiger partial charge is 0.489 e. The zero-order chi connectivity index (χ0) is 13.1. The van der Waals surface area contributed by atoms with E-state index >= 15 is 0 Å². The van der Waals surface area contributed by atoms with Crippen LogP contribution in [0.5, 0.6) is 5.75 Å². The standard InChI is InChI=1S/C13H15N3O2/c1-9(2)18-11-6-10(7-14-8-11)13(17)12-4-5-16(3)15-12/h4-9H,1-3H3. The maximum Gasteiger partial charge on any atom is 0.214 e. The molecule has 2 aromatic heterocycles. The second kappa shape index (κ2) is 5.00. The van der Waals surface area contributed by atoms with Crippen LogP contribution in [-0.2, 0) is 7.05 Å². The molecular formula is C13H15N3O2. The van der Waals surface area contributed by atoms with Crippen LogP contribution in [0.15, 0.2) is 30.7 Å². The monoisotopic (exact) mass is 245 g/mol. The molecule has 0 unspecified atom stereocenters. The highest BCUT2D eigenvalue weighted by molar-refractivity contribution is 6.07. The maximum absolute atomic E-state index is 12.1. The van der Waals surface area contributed by atoms with Gasteiger partial charge in [-0.15, -0.1) is 0 Å². The first-order chi connectivity index (χ1) is 8.56. The van der Waals surface area contributed by atoms with E-state index in [1.54, 1.807) is 36.3 Å². The highest BCUT2D eigenvalue weighted by Gasteiger charge is 2.13. The number of ketones is 1. The molecule has 0 aromatic carbocycles. The number of aromatic nitrogens is 3. The molecule has 0 atom stereocenters. The van der Waals surface area contributed by atoms with Crippen molar-refractivity contribution < 1.29 is 9.53 Å². The summed E-state index contributed by atoms with van der Waals surface area (Å²) in [6.45, 7) is 3.85. The first-order valence-electron chi connectivity index (χ1n) is 5.72. The maximum atomic E-state index is 12.1. The summed E-state index contributed by atoms with van der Waals surface area (Å²) < 4.78 is 7.10. The van der Waals surface area contributed by atoms with Gasteiger partial charge in [-0.1, -0.05) is 0 Å². The van der Waals surface area contributed by atoms with Gasteiger partial charge in [0.15, 0.2) is 0 Å². The molecule has 0 aliphatic carbocycles. The van der Waals surface area contributed by atoms with Gasteiger partial charge in [0.25, 0.3) is 0 Å². The molecule has 0 fully saturated rings. The van der Waals surface area contributed by atoms with Gasteiger partial charge in [-0.05, 0) is 26.0 Å². The van der Waals surface area contributed by atoms with Crippen LogP contribution in [-0.4, -0.2) is 26.7 Å². The van der Waals surface area contributed by atoms with Crippen LogP contribution >= 0.6 is 0 Å². The Labute approximate surface area is 105 Å². The Morgan fingerprint density at radius 1 is 1.39 bits per heavy atom. The SMILES string of the molecule is CC(C)Oc1cncc(C(=O)c2ccn(C)n2)c1. The topological polar surface area (TPSA) is 57.0 Å². The van der Waals surface area contributed by atoms with E-state index < -0.39 is 0 Å². The molecule has 0 saturated carbocycles. The lowest BCUT2D eigenvalue weighted by Crippen LogP contribution is -2.08. The molecule has 0 spiro atoms. The molecular weight excluding hydrogens is 230 g/mol. The molecule has 94 valence electrons.